The smallest absolute Gasteiger partial charge is 0.326 e. The van der Waals surface area contributed by atoms with Gasteiger partial charge in [0.25, 0.3) is 0 Å². The molecule has 202 valence electrons. The molecule has 2 heterocycles. The number of nitrogens with zero attached hydrogens (tertiary/aromatic N) is 1. The molecule has 2 saturated heterocycles. The topological polar surface area (TPSA) is 128 Å². The highest BCUT2D eigenvalue weighted by Gasteiger charge is 2.35. The lowest BCUT2D eigenvalue weighted by molar-refractivity contribution is -0.148. The highest BCUT2D eigenvalue weighted by molar-refractivity contribution is 5.91. The molecule has 4 rings (SSSR count). The number of carboxylic acids is 1. The van der Waals surface area contributed by atoms with Gasteiger partial charge in [0.2, 0.25) is 17.7 Å². The Kier molecular flexibility index (Phi) is 9.48. The lowest BCUT2D eigenvalue weighted by Crippen LogP contribution is -2.55. The molecule has 2 aliphatic heterocycles. The molecule has 0 saturated carbocycles. The Morgan fingerprint density at radius 1 is 0.895 bits per heavy atom. The first-order chi connectivity index (χ1) is 18.4. The fourth-order valence-electron chi connectivity index (χ4n) is 5.26. The van der Waals surface area contributed by atoms with Gasteiger partial charge in [0.15, 0.2) is 0 Å². The van der Waals surface area contributed by atoms with Gasteiger partial charge in [-0.15, -0.1) is 0 Å². The van der Waals surface area contributed by atoms with Gasteiger partial charge in [-0.2, -0.15) is 0 Å². The van der Waals surface area contributed by atoms with E-state index < -0.39 is 24.1 Å². The van der Waals surface area contributed by atoms with E-state index in [1.54, 1.807) is 0 Å². The molecule has 9 heteroatoms. The SMILES string of the molecule is O=C(N[C@@H](Cc1ccccc1)C(=O)NC(CC(=O)N1CCC[C@H]1C(=O)O)Cc1ccccc1)[C@@H]1CCCN1. The van der Waals surface area contributed by atoms with Crippen LogP contribution in [0.15, 0.2) is 60.7 Å². The van der Waals surface area contributed by atoms with Gasteiger partial charge in [-0.1, -0.05) is 60.7 Å². The maximum absolute atomic E-state index is 13.6. The quantitative estimate of drug-likeness (QED) is 0.357. The van der Waals surface area contributed by atoms with Crippen molar-refractivity contribution in [3.8, 4) is 0 Å². The Morgan fingerprint density at radius 3 is 2.16 bits per heavy atom. The number of hydrogen-bond donors (Lipinski definition) is 4. The van der Waals surface area contributed by atoms with Crippen LogP contribution >= 0.6 is 0 Å². The van der Waals surface area contributed by atoms with E-state index in [9.17, 15) is 24.3 Å². The molecule has 3 amide bonds. The molecular formula is C29H36N4O5. The van der Waals surface area contributed by atoms with E-state index in [-0.39, 0.29) is 30.2 Å². The molecule has 4 N–H and O–H groups in total. The number of nitrogens with one attached hydrogen (secondary N) is 3. The van der Waals surface area contributed by atoms with Crippen LogP contribution in [0.3, 0.4) is 0 Å². The lowest BCUT2D eigenvalue weighted by Gasteiger charge is -2.27. The van der Waals surface area contributed by atoms with E-state index in [0.717, 1.165) is 30.5 Å². The van der Waals surface area contributed by atoms with Gasteiger partial charge in [0, 0.05) is 25.4 Å². The average molecular weight is 521 g/mol. The molecule has 0 aliphatic carbocycles. The number of rotatable bonds is 11. The number of hydrogen-bond acceptors (Lipinski definition) is 5. The monoisotopic (exact) mass is 520 g/mol. The van der Waals surface area contributed by atoms with Crippen LogP contribution in [0.1, 0.15) is 43.2 Å². The molecule has 1 unspecified atom stereocenters. The van der Waals surface area contributed by atoms with E-state index in [1.165, 1.54) is 4.90 Å². The van der Waals surface area contributed by atoms with Crippen molar-refractivity contribution in [3.63, 3.8) is 0 Å². The van der Waals surface area contributed by atoms with Crippen molar-refractivity contribution in [1.29, 1.82) is 0 Å². The summed E-state index contributed by atoms with van der Waals surface area (Å²) in [6, 6.07) is 16.5. The Hall–Kier alpha value is -3.72. The van der Waals surface area contributed by atoms with Crippen molar-refractivity contribution < 1.29 is 24.3 Å². The van der Waals surface area contributed by atoms with Gasteiger partial charge in [0.1, 0.15) is 12.1 Å². The van der Waals surface area contributed by atoms with Crippen LogP contribution in [-0.2, 0) is 32.0 Å². The molecular weight excluding hydrogens is 484 g/mol. The molecule has 9 nitrogen and oxygen atoms in total. The van der Waals surface area contributed by atoms with Crippen molar-refractivity contribution in [2.24, 2.45) is 0 Å². The van der Waals surface area contributed by atoms with Gasteiger partial charge >= 0.3 is 5.97 Å². The fourth-order valence-corrected chi connectivity index (χ4v) is 5.26. The summed E-state index contributed by atoms with van der Waals surface area (Å²) in [5.74, 6) is -1.89. The number of carbonyl (C=O) groups is 4. The van der Waals surface area contributed by atoms with Crippen LogP contribution in [0.4, 0.5) is 0 Å². The molecule has 2 aliphatic rings. The minimum Gasteiger partial charge on any atom is -0.480 e. The van der Waals surface area contributed by atoms with Gasteiger partial charge in [-0.3, -0.25) is 14.4 Å². The molecule has 38 heavy (non-hydrogen) atoms. The summed E-state index contributed by atoms with van der Waals surface area (Å²) in [6.07, 6.45) is 3.38. The normalized spacial score (nSPS) is 20.5. The summed E-state index contributed by atoms with van der Waals surface area (Å²) in [6.45, 7) is 1.16. The minimum absolute atomic E-state index is 0.0272. The average Bonchev–Trinajstić information content (AvgIpc) is 3.62. The number of carboxylic acid groups (broad SMARTS) is 1. The van der Waals surface area contributed by atoms with Crippen LogP contribution in [-0.4, -0.2) is 71.0 Å². The van der Waals surface area contributed by atoms with Gasteiger partial charge in [0.05, 0.1) is 6.04 Å². The predicted molar refractivity (Wildman–Crippen MR) is 142 cm³/mol. The van der Waals surface area contributed by atoms with Crippen molar-refractivity contribution in [1.82, 2.24) is 20.9 Å². The van der Waals surface area contributed by atoms with Crippen LogP contribution in [0, 0.1) is 0 Å². The molecule has 2 aromatic rings. The first kappa shape index (κ1) is 27.3. The summed E-state index contributed by atoms with van der Waals surface area (Å²) in [5, 5.41) is 18.6. The first-order valence-electron chi connectivity index (χ1n) is 13.3. The zero-order valence-corrected chi connectivity index (χ0v) is 21.5. The second-order valence-electron chi connectivity index (χ2n) is 10.1. The number of aliphatic carboxylic acids is 1. The number of likely N-dealkylation sites (tertiary alicyclic amines) is 1. The molecule has 4 atom stereocenters. The largest absolute Gasteiger partial charge is 0.480 e. The summed E-state index contributed by atoms with van der Waals surface area (Å²) in [5.41, 5.74) is 1.85. The maximum Gasteiger partial charge on any atom is 0.326 e. The van der Waals surface area contributed by atoms with Crippen molar-refractivity contribution in [2.45, 2.75) is 69.1 Å². The summed E-state index contributed by atoms with van der Waals surface area (Å²) >= 11 is 0. The van der Waals surface area contributed by atoms with Gasteiger partial charge in [-0.25, -0.2) is 4.79 Å². The Labute approximate surface area is 223 Å². The summed E-state index contributed by atoms with van der Waals surface area (Å²) in [4.78, 5) is 52.7. The van der Waals surface area contributed by atoms with Crippen LogP contribution in [0.2, 0.25) is 0 Å². The summed E-state index contributed by atoms with van der Waals surface area (Å²) < 4.78 is 0. The highest BCUT2D eigenvalue weighted by atomic mass is 16.4. The Bertz CT molecular complexity index is 1100. The Morgan fingerprint density at radius 2 is 1.55 bits per heavy atom. The van der Waals surface area contributed by atoms with Crippen molar-refractivity contribution in [3.05, 3.63) is 71.8 Å². The van der Waals surface area contributed by atoms with E-state index in [4.69, 9.17) is 0 Å². The highest BCUT2D eigenvalue weighted by Crippen LogP contribution is 2.20. The van der Waals surface area contributed by atoms with E-state index >= 15 is 0 Å². The van der Waals surface area contributed by atoms with E-state index in [0.29, 0.717) is 32.2 Å². The third-order valence-corrected chi connectivity index (χ3v) is 7.24. The molecule has 2 fully saturated rings. The second-order valence-corrected chi connectivity index (χ2v) is 10.1. The van der Waals surface area contributed by atoms with Gasteiger partial charge < -0.3 is 26.0 Å². The zero-order valence-electron chi connectivity index (χ0n) is 21.5. The maximum atomic E-state index is 13.6. The molecule has 0 bridgehead atoms. The molecule has 0 spiro atoms. The lowest BCUT2D eigenvalue weighted by atomic mass is 10.00. The number of benzene rings is 2. The van der Waals surface area contributed by atoms with E-state index in [1.807, 2.05) is 60.7 Å². The fraction of sp³-hybridized carbons (Fsp3) is 0.448. The predicted octanol–water partition coefficient (Wildman–Crippen LogP) is 1.66. The second kappa shape index (κ2) is 13.2. The summed E-state index contributed by atoms with van der Waals surface area (Å²) in [7, 11) is 0. The van der Waals surface area contributed by atoms with Crippen LogP contribution in [0.5, 0.6) is 0 Å². The minimum atomic E-state index is -1.01. The Balaban J connectivity index is 1.50. The number of carbonyl (C=O) groups excluding carboxylic acids is 3. The third-order valence-electron chi connectivity index (χ3n) is 7.24. The van der Waals surface area contributed by atoms with Crippen LogP contribution < -0.4 is 16.0 Å². The zero-order chi connectivity index (χ0) is 26.9. The number of amides is 3. The molecule has 2 aromatic carbocycles. The molecule has 0 radical (unpaired) electrons. The van der Waals surface area contributed by atoms with Crippen LogP contribution in [0.25, 0.3) is 0 Å². The standard InChI is InChI=1S/C29H36N4O5/c34-26(33-16-8-14-25(33)29(37)38)19-22(17-20-9-3-1-4-10-20)31-28(36)24(18-21-11-5-2-6-12-21)32-27(35)23-13-7-15-30-23/h1-6,9-12,22-25,30H,7-8,13-19H2,(H,31,36)(H,32,35)(H,37,38)/t22?,23-,24-,25-/m0/s1. The first-order valence-corrected chi connectivity index (χ1v) is 13.3. The van der Waals surface area contributed by atoms with E-state index in [2.05, 4.69) is 16.0 Å². The third kappa shape index (κ3) is 7.41. The van der Waals surface area contributed by atoms with Gasteiger partial charge in [-0.05, 0) is 49.8 Å². The van der Waals surface area contributed by atoms with Crippen molar-refractivity contribution >= 4 is 23.7 Å². The molecule has 0 aromatic heterocycles. The van der Waals surface area contributed by atoms with Crippen molar-refractivity contribution in [2.75, 3.05) is 13.1 Å².